The van der Waals surface area contributed by atoms with Gasteiger partial charge in [0.05, 0.1) is 12.6 Å². The summed E-state index contributed by atoms with van der Waals surface area (Å²) < 4.78 is 7.30. The lowest BCUT2D eigenvalue weighted by molar-refractivity contribution is -0.128. The normalized spacial score (nSPS) is 21.1. The number of amides is 1. The van der Waals surface area contributed by atoms with Gasteiger partial charge in [-0.1, -0.05) is 49.6 Å². The maximum absolute atomic E-state index is 12.4. The summed E-state index contributed by atoms with van der Waals surface area (Å²) in [6.45, 7) is 1.93. The second-order valence-corrected chi connectivity index (χ2v) is 7.63. The molecular formula is C21H28N4O2. The van der Waals surface area contributed by atoms with Gasteiger partial charge in [-0.05, 0) is 12.8 Å². The van der Waals surface area contributed by atoms with Gasteiger partial charge in [-0.25, -0.2) is 9.67 Å². The van der Waals surface area contributed by atoms with Gasteiger partial charge in [-0.2, -0.15) is 5.10 Å². The molecule has 1 aromatic heterocycles. The second-order valence-electron chi connectivity index (χ2n) is 7.63. The van der Waals surface area contributed by atoms with Crippen LogP contribution in [0.2, 0.25) is 0 Å². The Morgan fingerprint density at radius 1 is 1.15 bits per heavy atom. The van der Waals surface area contributed by atoms with Gasteiger partial charge in [0.25, 0.3) is 0 Å². The molecule has 2 aromatic rings. The Labute approximate surface area is 160 Å². The maximum atomic E-state index is 12.4. The van der Waals surface area contributed by atoms with Crippen molar-refractivity contribution in [3.05, 3.63) is 36.2 Å². The topological polar surface area (TPSA) is 60.2 Å². The molecule has 4 rings (SSSR count). The SMILES string of the molecule is COCCN1C[C@@H](c2nc(-c3ccccc3)nn2C2CCCCC2)CC1=O. The van der Waals surface area contributed by atoms with Gasteiger partial charge in [0.15, 0.2) is 5.82 Å². The first-order chi connectivity index (χ1) is 13.3. The van der Waals surface area contributed by atoms with Gasteiger partial charge in [-0.15, -0.1) is 0 Å². The summed E-state index contributed by atoms with van der Waals surface area (Å²) >= 11 is 0. The van der Waals surface area contributed by atoms with Gasteiger partial charge >= 0.3 is 0 Å². The molecule has 1 amide bonds. The zero-order chi connectivity index (χ0) is 18.6. The lowest BCUT2D eigenvalue weighted by atomic mass is 9.95. The molecular weight excluding hydrogens is 340 g/mol. The minimum atomic E-state index is 0.112. The Kier molecular flexibility index (Phi) is 5.53. The van der Waals surface area contributed by atoms with E-state index in [0.29, 0.717) is 32.2 Å². The molecule has 6 heteroatoms. The number of nitrogens with zero attached hydrogens (tertiary/aromatic N) is 4. The average Bonchev–Trinajstić information content (AvgIpc) is 3.32. The summed E-state index contributed by atoms with van der Waals surface area (Å²) in [4.78, 5) is 19.3. The molecule has 6 nitrogen and oxygen atoms in total. The van der Waals surface area contributed by atoms with E-state index in [4.69, 9.17) is 14.8 Å². The highest BCUT2D eigenvalue weighted by atomic mass is 16.5. The smallest absolute Gasteiger partial charge is 0.223 e. The van der Waals surface area contributed by atoms with E-state index < -0.39 is 0 Å². The first kappa shape index (κ1) is 18.2. The Morgan fingerprint density at radius 3 is 2.67 bits per heavy atom. The van der Waals surface area contributed by atoms with Gasteiger partial charge < -0.3 is 9.64 Å². The van der Waals surface area contributed by atoms with Crippen LogP contribution in [0.25, 0.3) is 11.4 Å². The summed E-state index contributed by atoms with van der Waals surface area (Å²) in [7, 11) is 1.67. The number of carbonyl (C=O) groups excluding carboxylic acids is 1. The van der Waals surface area contributed by atoms with Crippen LogP contribution in [0.15, 0.2) is 30.3 Å². The molecule has 0 N–H and O–H groups in total. The van der Waals surface area contributed by atoms with Crippen molar-refractivity contribution < 1.29 is 9.53 Å². The number of aromatic nitrogens is 3. The van der Waals surface area contributed by atoms with Gasteiger partial charge in [0.2, 0.25) is 5.91 Å². The van der Waals surface area contributed by atoms with Crippen LogP contribution in [0.3, 0.4) is 0 Å². The Morgan fingerprint density at radius 2 is 1.93 bits per heavy atom. The molecule has 0 bridgehead atoms. The fourth-order valence-corrected chi connectivity index (χ4v) is 4.28. The molecule has 1 atom stereocenters. The average molecular weight is 368 g/mol. The highest BCUT2D eigenvalue weighted by Crippen LogP contribution is 2.34. The van der Waals surface area contributed by atoms with Crippen molar-refractivity contribution in [1.29, 1.82) is 0 Å². The number of rotatable bonds is 6. The highest BCUT2D eigenvalue weighted by molar-refractivity contribution is 5.79. The summed E-state index contributed by atoms with van der Waals surface area (Å²) in [5.41, 5.74) is 1.04. The van der Waals surface area contributed by atoms with E-state index in [9.17, 15) is 4.79 Å². The van der Waals surface area contributed by atoms with Crippen molar-refractivity contribution in [3.63, 3.8) is 0 Å². The van der Waals surface area contributed by atoms with Crippen LogP contribution in [0.1, 0.15) is 56.3 Å². The molecule has 144 valence electrons. The molecule has 1 saturated heterocycles. The Bertz CT molecular complexity index is 768. The fraction of sp³-hybridized carbons (Fsp3) is 0.571. The van der Waals surface area contributed by atoms with E-state index in [1.165, 1.54) is 19.3 Å². The fourth-order valence-electron chi connectivity index (χ4n) is 4.28. The lowest BCUT2D eigenvalue weighted by Crippen LogP contribution is -2.29. The van der Waals surface area contributed by atoms with E-state index in [0.717, 1.165) is 30.1 Å². The van der Waals surface area contributed by atoms with E-state index in [-0.39, 0.29) is 11.8 Å². The molecule has 1 aliphatic carbocycles. The van der Waals surface area contributed by atoms with E-state index >= 15 is 0 Å². The zero-order valence-corrected chi connectivity index (χ0v) is 16.0. The zero-order valence-electron chi connectivity index (χ0n) is 16.0. The minimum Gasteiger partial charge on any atom is -0.383 e. The minimum absolute atomic E-state index is 0.112. The molecule has 0 spiro atoms. The molecule has 2 heterocycles. The van der Waals surface area contributed by atoms with Crippen LogP contribution in [-0.2, 0) is 9.53 Å². The van der Waals surface area contributed by atoms with Gasteiger partial charge in [0, 0.05) is 38.1 Å². The maximum Gasteiger partial charge on any atom is 0.223 e. The molecule has 2 aliphatic rings. The quantitative estimate of drug-likeness (QED) is 0.784. The van der Waals surface area contributed by atoms with Gasteiger partial charge in [0.1, 0.15) is 5.82 Å². The summed E-state index contributed by atoms with van der Waals surface area (Å²) in [5.74, 6) is 2.06. The Hall–Kier alpha value is -2.21. The van der Waals surface area contributed by atoms with E-state index in [1.807, 2.05) is 23.1 Å². The van der Waals surface area contributed by atoms with Crippen molar-refractivity contribution in [2.24, 2.45) is 0 Å². The van der Waals surface area contributed by atoms with Crippen molar-refractivity contribution >= 4 is 5.91 Å². The number of hydrogen-bond donors (Lipinski definition) is 0. The third-order valence-electron chi connectivity index (χ3n) is 5.76. The first-order valence-electron chi connectivity index (χ1n) is 10.0. The van der Waals surface area contributed by atoms with Crippen LogP contribution < -0.4 is 0 Å². The van der Waals surface area contributed by atoms with Crippen molar-refractivity contribution in [3.8, 4) is 11.4 Å². The number of ether oxygens (including phenoxy) is 1. The predicted octanol–water partition coefficient (Wildman–Crippen LogP) is 3.41. The number of benzene rings is 1. The molecule has 1 aromatic carbocycles. The van der Waals surface area contributed by atoms with Crippen LogP contribution in [-0.4, -0.2) is 52.4 Å². The molecule has 1 aliphatic heterocycles. The van der Waals surface area contributed by atoms with Crippen molar-refractivity contribution in [1.82, 2.24) is 19.7 Å². The van der Waals surface area contributed by atoms with E-state index in [1.54, 1.807) is 7.11 Å². The number of carbonyl (C=O) groups is 1. The largest absolute Gasteiger partial charge is 0.383 e. The number of methoxy groups -OCH3 is 1. The summed E-state index contributed by atoms with van der Waals surface area (Å²) in [5, 5.41) is 4.91. The molecule has 0 radical (unpaired) electrons. The standard InChI is InChI=1S/C21H28N4O2/c1-27-13-12-24-15-17(14-19(24)26)21-22-20(16-8-4-2-5-9-16)23-25(21)18-10-6-3-7-11-18/h2,4-5,8-9,17-18H,3,6-7,10-15H2,1H3/t17-/m0/s1. The van der Waals surface area contributed by atoms with Crippen molar-refractivity contribution in [2.75, 3.05) is 26.8 Å². The molecule has 2 fully saturated rings. The van der Waals surface area contributed by atoms with Gasteiger partial charge in [-0.3, -0.25) is 4.79 Å². The number of hydrogen-bond acceptors (Lipinski definition) is 4. The third-order valence-corrected chi connectivity index (χ3v) is 5.76. The monoisotopic (exact) mass is 368 g/mol. The Balaban J connectivity index is 1.64. The summed E-state index contributed by atoms with van der Waals surface area (Å²) in [6, 6.07) is 10.5. The predicted molar refractivity (Wildman–Crippen MR) is 103 cm³/mol. The highest BCUT2D eigenvalue weighted by Gasteiger charge is 2.35. The van der Waals surface area contributed by atoms with E-state index in [2.05, 4.69) is 16.8 Å². The molecule has 27 heavy (non-hydrogen) atoms. The van der Waals surface area contributed by atoms with Crippen LogP contribution in [0.5, 0.6) is 0 Å². The van der Waals surface area contributed by atoms with Crippen LogP contribution in [0.4, 0.5) is 0 Å². The van der Waals surface area contributed by atoms with Crippen LogP contribution in [0, 0.1) is 0 Å². The van der Waals surface area contributed by atoms with Crippen LogP contribution >= 0.6 is 0 Å². The second kappa shape index (κ2) is 8.21. The first-order valence-corrected chi connectivity index (χ1v) is 10.0. The molecule has 1 saturated carbocycles. The lowest BCUT2D eigenvalue weighted by Gasteiger charge is -2.24. The number of likely N-dealkylation sites (tertiary alicyclic amines) is 1. The molecule has 0 unspecified atom stereocenters. The summed E-state index contributed by atoms with van der Waals surface area (Å²) in [6.07, 6.45) is 6.61. The van der Waals surface area contributed by atoms with Crippen molar-refractivity contribution in [2.45, 2.75) is 50.5 Å². The third kappa shape index (κ3) is 3.90.